The molecule has 1 amide bonds. The van der Waals surface area contributed by atoms with Crippen LogP contribution in [0.2, 0.25) is 0 Å². The van der Waals surface area contributed by atoms with Gasteiger partial charge >= 0.3 is 0 Å². The van der Waals surface area contributed by atoms with Crippen LogP contribution < -0.4 is 11.1 Å². The standard InChI is InChI=1S/C12H24N2O2/c1-8(2)4-5-14-12(15)9(3)16-11-6-10(13)7-11/h8-11H,4-7,13H2,1-3H3,(H,14,15). The molecule has 1 rings (SSSR count). The van der Waals surface area contributed by atoms with Gasteiger partial charge in [0.2, 0.25) is 5.91 Å². The summed E-state index contributed by atoms with van der Waals surface area (Å²) in [5.74, 6) is 0.599. The van der Waals surface area contributed by atoms with Gasteiger partial charge in [-0.1, -0.05) is 13.8 Å². The van der Waals surface area contributed by atoms with Gasteiger partial charge < -0.3 is 15.8 Å². The van der Waals surface area contributed by atoms with E-state index in [2.05, 4.69) is 19.2 Å². The summed E-state index contributed by atoms with van der Waals surface area (Å²) < 4.78 is 5.58. The Morgan fingerprint density at radius 1 is 1.44 bits per heavy atom. The summed E-state index contributed by atoms with van der Waals surface area (Å²) in [5.41, 5.74) is 5.65. The topological polar surface area (TPSA) is 64.3 Å². The van der Waals surface area contributed by atoms with Crippen molar-refractivity contribution in [2.24, 2.45) is 11.7 Å². The highest BCUT2D eigenvalue weighted by molar-refractivity contribution is 5.80. The van der Waals surface area contributed by atoms with Crippen LogP contribution in [0.4, 0.5) is 0 Å². The number of amides is 1. The highest BCUT2D eigenvalue weighted by Crippen LogP contribution is 2.22. The summed E-state index contributed by atoms with van der Waals surface area (Å²) in [4.78, 5) is 11.6. The largest absolute Gasteiger partial charge is 0.365 e. The van der Waals surface area contributed by atoms with Crippen LogP contribution in [-0.4, -0.2) is 30.7 Å². The predicted molar refractivity (Wildman–Crippen MR) is 64.0 cm³/mol. The van der Waals surface area contributed by atoms with Crippen LogP contribution in [0, 0.1) is 5.92 Å². The third-order valence-corrected chi connectivity index (χ3v) is 2.92. The van der Waals surface area contributed by atoms with E-state index in [0.29, 0.717) is 5.92 Å². The minimum absolute atomic E-state index is 0.0129. The van der Waals surface area contributed by atoms with Crippen molar-refractivity contribution in [2.75, 3.05) is 6.54 Å². The van der Waals surface area contributed by atoms with Gasteiger partial charge in [-0.2, -0.15) is 0 Å². The number of hydrogen-bond donors (Lipinski definition) is 2. The molecule has 16 heavy (non-hydrogen) atoms. The number of nitrogens with two attached hydrogens (primary N) is 1. The number of hydrogen-bond acceptors (Lipinski definition) is 3. The van der Waals surface area contributed by atoms with Crippen LogP contribution >= 0.6 is 0 Å². The van der Waals surface area contributed by atoms with Crippen LogP contribution in [0.3, 0.4) is 0 Å². The highest BCUT2D eigenvalue weighted by atomic mass is 16.5. The molecule has 1 aliphatic rings. The SMILES string of the molecule is CC(C)CCNC(=O)C(C)OC1CC(N)C1. The maximum Gasteiger partial charge on any atom is 0.248 e. The Bertz CT molecular complexity index is 225. The first-order valence-corrected chi connectivity index (χ1v) is 6.17. The van der Waals surface area contributed by atoms with Crippen molar-refractivity contribution in [1.82, 2.24) is 5.32 Å². The van der Waals surface area contributed by atoms with Crippen LogP contribution in [0.25, 0.3) is 0 Å². The molecule has 1 fully saturated rings. The second-order valence-corrected chi connectivity index (χ2v) is 5.11. The van der Waals surface area contributed by atoms with Gasteiger partial charge in [0, 0.05) is 12.6 Å². The summed E-state index contributed by atoms with van der Waals surface area (Å²) >= 11 is 0. The van der Waals surface area contributed by atoms with Gasteiger partial charge in [-0.25, -0.2) is 0 Å². The van der Waals surface area contributed by atoms with E-state index >= 15 is 0 Å². The quantitative estimate of drug-likeness (QED) is 0.714. The normalized spacial score (nSPS) is 26.3. The minimum Gasteiger partial charge on any atom is -0.365 e. The Labute approximate surface area is 97.9 Å². The Morgan fingerprint density at radius 3 is 2.56 bits per heavy atom. The first-order valence-electron chi connectivity index (χ1n) is 6.17. The zero-order chi connectivity index (χ0) is 12.1. The number of rotatable bonds is 6. The average molecular weight is 228 g/mol. The van der Waals surface area contributed by atoms with Crippen LogP contribution in [0.15, 0.2) is 0 Å². The Hall–Kier alpha value is -0.610. The molecule has 94 valence electrons. The van der Waals surface area contributed by atoms with Crippen LogP contribution in [0.5, 0.6) is 0 Å². The maximum absolute atomic E-state index is 11.6. The number of ether oxygens (including phenoxy) is 1. The Kier molecular flexibility index (Phi) is 5.22. The van der Waals surface area contributed by atoms with E-state index < -0.39 is 0 Å². The second kappa shape index (κ2) is 6.21. The summed E-state index contributed by atoms with van der Waals surface area (Å²) in [5, 5.41) is 2.88. The third kappa shape index (κ3) is 4.49. The molecule has 0 heterocycles. The lowest BCUT2D eigenvalue weighted by Crippen LogP contribution is -2.46. The zero-order valence-corrected chi connectivity index (χ0v) is 10.5. The predicted octanol–water partition coefficient (Wildman–Crippen LogP) is 1.04. The molecule has 1 atom stereocenters. The molecule has 0 spiro atoms. The lowest BCUT2D eigenvalue weighted by Gasteiger charge is -2.34. The van der Waals surface area contributed by atoms with Crippen LogP contribution in [0.1, 0.15) is 40.0 Å². The molecule has 0 radical (unpaired) electrons. The van der Waals surface area contributed by atoms with Crippen molar-refractivity contribution in [3.63, 3.8) is 0 Å². The molecule has 4 nitrogen and oxygen atoms in total. The maximum atomic E-state index is 11.6. The Balaban J connectivity index is 2.10. The summed E-state index contributed by atoms with van der Waals surface area (Å²) in [6, 6.07) is 0.265. The molecule has 0 aromatic heterocycles. The van der Waals surface area contributed by atoms with Crippen molar-refractivity contribution in [1.29, 1.82) is 0 Å². The van der Waals surface area contributed by atoms with Gasteiger partial charge in [0.05, 0.1) is 6.10 Å². The molecular formula is C12H24N2O2. The van der Waals surface area contributed by atoms with Crippen molar-refractivity contribution in [3.05, 3.63) is 0 Å². The fraction of sp³-hybridized carbons (Fsp3) is 0.917. The van der Waals surface area contributed by atoms with E-state index in [9.17, 15) is 4.79 Å². The van der Waals surface area contributed by atoms with Gasteiger partial charge in [-0.3, -0.25) is 4.79 Å². The average Bonchev–Trinajstić information content (AvgIpc) is 2.14. The van der Waals surface area contributed by atoms with Gasteiger partial charge in [0.1, 0.15) is 6.10 Å². The summed E-state index contributed by atoms with van der Waals surface area (Å²) in [6.07, 6.45) is 2.59. The molecule has 4 heteroatoms. The van der Waals surface area contributed by atoms with Crippen molar-refractivity contribution >= 4 is 5.91 Å². The van der Waals surface area contributed by atoms with E-state index in [-0.39, 0.29) is 24.2 Å². The Morgan fingerprint density at radius 2 is 2.06 bits per heavy atom. The fourth-order valence-corrected chi connectivity index (χ4v) is 1.70. The molecule has 0 aromatic rings. The smallest absolute Gasteiger partial charge is 0.248 e. The van der Waals surface area contributed by atoms with Gasteiger partial charge in [-0.05, 0) is 32.1 Å². The highest BCUT2D eigenvalue weighted by Gasteiger charge is 2.29. The van der Waals surface area contributed by atoms with E-state index in [1.165, 1.54) is 0 Å². The first kappa shape index (κ1) is 13.5. The van der Waals surface area contributed by atoms with Gasteiger partial charge in [0.15, 0.2) is 0 Å². The molecule has 0 aromatic carbocycles. The number of nitrogens with one attached hydrogen (secondary N) is 1. The third-order valence-electron chi connectivity index (χ3n) is 2.92. The second-order valence-electron chi connectivity index (χ2n) is 5.11. The van der Waals surface area contributed by atoms with Crippen LogP contribution in [-0.2, 0) is 9.53 Å². The molecular weight excluding hydrogens is 204 g/mol. The van der Waals surface area contributed by atoms with E-state index in [0.717, 1.165) is 25.8 Å². The summed E-state index contributed by atoms with van der Waals surface area (Å²) in [7, 11) is 0. The van der Waals surface area contributed by atoms with Gasteiger partial charge in [-0.15, -0.1) is 0 Å². The van der Waals surface area contributed by atoms with E-state index in [1.54, 1.807) is 6.92 Å². The fourth-order valence-electron chi connectivity index (χ4n) is 1.70. The lowest BCUT2D eigenvalue weighted by molar-refractivity contribution is -0.139. The first-order chi connectivity index (χ1) is 7.49. The molecule has 0 saturated heterocycles. The monoisotopic (exact) mass is 228 g/mol. The summed E-state index contributed by atoms with van der Waals surface area (Å²) in [6.45, 7) is 6.81. The van der Waals surface area contributed by atoms with Crippen molar-refractivity contribution in [2.45, 2.75) is 58.3 Å². The van der Waals surface area contributed by atoms with Gasteiger partial charge in [0.25, 0.3) is 0 Å². The van der Waals surface area contributed by atoms with Crippen molar-refractivity contribution < 1.29 is 9.53 Å². The zero-order valence-electron chi connectivity index (χ0n) is 10.5. The number of carbonyl (C=O) groups excluding carboxylic acids is 1. The minimum atomic E-state index is -0.357. The molecule has 0 aliphatic heterocycles. The molecule has 3 N–H and O–H groups in total. The van der Waals surface area contributed by atoms with E-state index in [4.69, 9.17) is 10.5 Å². The van der Waals surface area contributed by atoms with Crippen molar-refractivity contribution in [3.8, 4) is 0 Å². The molecule has 1 saturated carbocycles. The molecule has 1 aliphatic carbocycles. The molecule has 0 bridgehead atoms. The molecule has 1 unspecified atom stereocenters. The van der Waals surface area contributed by atoms with E-state index in [1.807, 2.05) is 0 Å². The lowest BCUT2D eigenvalue weighted by atomic mass is 9.90. The number of carbonyl (C=O) groups is 1.